The second kappa shape index (κ2) is 12.0. The van der Waals surface area contributed by atoms with Gasteiger partial charge in [-0.05, 0) is 72.2 Å². The summed E-state index contributed by atoms with van der Waals surface area (Å²) in [7, 11) is 1.80. The molecule has 1 aliphatic heterocycles. The van der Waals surface area contributed by atoms with Crippen LogP contribution in [0.25, 0.3) is 0 Å². The van der Waals surface area contributed by atoms with Gasteiger partial charge in [0.15, 0.2) is 6.10 Å². The number of hydrogen-bond donors (Lipinski definition) is 0. The number of carbonyl (C=O) groups is 2. The van der Waals surface area contributed by atoms with Gasteiger partial charge in [0.1, 0.15) is 11.6 Å². The number of nitrogens with zero attached hydrogens (tertiary/aromatic N) is 2. The minimum Gasteiger partial charge on any atom is -0.481 e. The molecule has 0 spiro atoms. The number of halogens is 1. The van der Waals surface area contributed by atoms with Crippen LogP contribution in [0, 0.1) is 11.7 Å². The Kier molecular flexibility index (Phi) is 8.30. The largest absolute Gasteiger partial charge is 0.481 e. The summed E-state index contributed by atoms with van der Waals surface area (Å²) in [6.07, 6.45) is 4.69. The van der Waals surface area contributed by atoms with E-state index in [1.165, 1.54) is 12.1 Å². The molecule has 3 aromatic carbocycles. The van der Waals surface area contributed by atoms with Crippen molar-refractivity contribution in [2.75, 3.05) is 13.6 Å². The minimum atomic E-state index is -0.624. The van der Waals surface area contributed by atoms with Crippen LogP contribution in [0.3, 0.4) is 0 Å². The molecular weight excluding hydrogens is 491 g/mol. The highest BCUT2D eigenvalue weighted by atomic mass is 19.1. The fourth-order valence-electron chi connectivity index (χ4n) is 5.97. The molecule has 39 heavy (non-hydrogen) atoms. The molecule has 0 bridgehead atoms. The Hall–Kier alpha value is -3.67. The lowest BCUT2D eigenvalue weighted by atomic mass is 9.87. The van der Waals surface area contributed by atoms with Gasteiger partial charge in [0.25, 0.3) is 5.91 Å². The quantitative estimate of drug-likeness (QED) is 0.345. The van der Waals surface area contributed by atoms with E-state index in [9.17, 15) is 14.0 Å². The fraction of sp³-hybridized carbons (Fsp3) is 0.394. The molecule has 0 saturated heterocycles. The zero-order valence-corrected chi connectivity index (χ0v) is 22.8. The molecule has 2 atom stereocenters. The molecule has 2 amide bonds. The molecule has 5 rings (SSSR count). The first kappa shape index (κ1) is 26.9. The molecule has 5 nitrogen and oxygen atoms in total. The predicted molar refractivity (Wildman–Crippen MR) is 150 cm³/mol. The normalized spacial score (nSPS) is 17.9. The molecule has 6 heteroatoms. The van der Waals surface area contributed by atoms with E-state index < -0.39 is 6.10 Å². The van der Waals surface area contributed by atoms with Crippen molar-refractivity contribution in [1.29, 1.82) is 0 Å². The summed E-state index contributed by atoms with van der Waals surface area (Å²) >= 11 is 0. The van der Waals surface area contributed by atoms with Crippen LogP contribution in [0.15, 0.2) is 72.8 Å². The maximum atomic E-state index is 13.8. The first-order valence-corrected chi connectivity index (χ1v) is 14.1. The van der Waals surface area contributed by atoms with E-state index >= 15 is 0 Å². The highest BCUT2D eigenvalue weighted by molar-refractivity contribution is 5.81. The first-order valence-electron chi connectivity index (χ1n) is 14.1. The van der Waals surface area contributed by atoms with Gasteiger partial charge in [-0.1, -0.05) is 68.3 Å². The lowest BCUT2D eigenvalue weighted by Gasteiger charge is -2.39. The predicted octanol–water partition coefficient (Wildman–Crippen LogP) is 6.31. The van der Waals surface area contributed by atoms with Crippen molar-refractivity contribution in [1.82, 2.24) is 9.80 Å². The fourth-order valence-corrected chi connectivity index (χ4v) is 5.97. The molecule has 204 valence electrons. The molecule has 1 aliphatic carbocycles. The molecule has 1 saturated carbocycles. The van der Waals surface area contributed by atoms with Gasteiger partial charge in [-0.3, -0.25) is 9.59 Å². The van der Waals surface area contributed by atoms with Crippen molar-refractivity contribution in [2.24, 2.45) is 5.92 Å². The van der Waals surface area contributed by atoms with Gasteiger partial charge in [-0.25, -0.2) is 4.39 Å². The number of benzene rings is 3. The van der Waals surface area contributed by atoms with E-state index in [1.54, 1.807) is 24.1 Å². The minimum absolute atomic E-state index is 0.0520. The monoisotopic (exact) mass is 528 g/mol. The highest BCUT2D eigenvalue weighted by Gasteiger charge is 2.36. The van der Waals surface area contributed by atoms with Crippen molar-refractivity contribution >= 4 is 11.8 Å². The summed E-state index contributed by atoms with van der Waals surface area (Å²) in [6, 6.07) is 22.0. The van der Waals surface area contributed by atoms with Crippen LogP contribution >= 0.6 is 0 Å². The maximum absolute atomic E-state index is 13.8. The first-order chi connectivity index (χ1) is 18.9. The van der Waals surface area contributed by atoms with Gasteiger partial charge in [0, 0.05) is 26.1 Å². The smallest absolute Gasteiger partial charge is 0.263 e. The van der Waals surface area contributed by atoms with E-state index in [-0.39, 0.29) is 29.6 Å². The SMILES string of the molecule is CC[C@@H](Oc1ccc2c(c1)[C@H](c1ccc(F)cc1)N(C(=O)C1CCCC1)CC2)C(=O)N(C)Cc1ccccc1. The summed E-state index contributed by atoms with van der Waals surface area (Å²) in [5, 5.41) is 0. The second-order valence-electron chi connectivity index (χ2n) is 10.8. The van der Waals surface area contributed by atoms with Crippen LogP contribution in [0.1, 0.15) is 67.3 Å². The molecule has 2 aliphatic rings. The lowest BCUT2D eigenvalue weighted by Crippen LogP contribution is -2.43. The Morgan fingerprint density at radius 2 is 1.74 bits per heavy atom. The molecule has 0 N–H and O–H groups in total. The van der Waals surface area contributed by atoms with E-state index in [4.69, 9.17) is 4.74 Å². The summed E-state index contributed by atoms with van der Waals surface area (Å²) in [5.41, 5.74) is 4.07. The van der Waals surface area contributed by atoms with Crippen molar-refractivity contribution < 1.29 is 18.7 Å². The maximum Gasteiger partial charge on any atom is 0.263 e. The Morgan fingerprint density at radius 3 is 2.44 bits per heavy atom. The van der Waals surface area contributed by atoms with Gasteiger partial charge >= 0.3 is 0 Å². The van der Waals surface area contributed by atoms with Crippen LogP contribution in [-0.2, 0) is 22.6 Å². The third kappa shape index (κ3) is 6.00. The Balaban J connectivity index is 1.41. The average molecular weight is 529 g/mol. The van der Waals surface area contributed by atoms with Crippen LogP contribution in [0.2, 0.25) is 0 Å². The molecule has 1 heterocycles. The third-order valence-corrected chi connectivity index (χ3v) is 8.08. The Morgan fingerprint density at radius 1 is 1.03 bits per heavy atom. The van der Waals surface area contributed by atoms with Gasteiger partial charge in [0.2, 0.25) is 5.91 Å². The second-order valence-corrected chi connectivity index (χ2v) is 10.8. The van der Waals surface area contributed by atoms with E-state index in [2.05, 4.69) is 0 Å². The van der Waals surface area contributed by atoms with Crippen LogP contribution < -0.4 is 4.74 Å². The van der Waals surface area contributed by atoms with Crippen LogP contribution in [-0.4, -0.2) is 41.3 Å². The van der Waals surface area contributed by atoms with Gasteiger partial charge in [-0.15, -0.1) is 0 Å². The summed E-state index contributed by atoms with van der Waals surface area (Å²) in [6.45, 7) is 3.08. The zero-order valence-electron chi connectivity index (χ0n) is 22.8. The van der Waals surface area contributed by atoms with Crippen LogP contribution in [0.4, 0.5) is 4.39 Å². The van der Waals surface area contributed by atoms with Gasteiger partial charge in [-0.2, -0.15) is 0 Å². The molecule has 1 fully saturated rings. The molecule has 0 radical (unpaired) electrons. The number of likely N-dealkylation sites (N-methyl/N-ethyl adjacent to an activating group) is 1. The van der Waals surface area contributed by atoms with Crippen molar-refractivity contribution in [3.8, 4) is 5.75 Å². The standard InChI is InChI=1S/C33H37FN2O3/c1-3-30(33(38)35(2)22-23-9-5-4-6-10-23)39-28-18-15-24-19-20-36(32(37)26-11-7-8-12-26)31(29(24)21-28)25-13-16-27(34)17-14-25/h4-6,9-10,13-18,21,26,30-31H,3,7-8,11-12,19-20,22H2,1-2H3/t30-,31+/m1/s1. The number of fused-ring (bicyclic) bond motifs is 1. The molecular formula is C33H37FN2O3. The van der Waals surface area contributed by atoms with Crippen molar-refractivity contribution in [3.05, 3.63) is 101 Å². The number of amides is 2. The Bertz CT molecular complexity index is 1290. The third-order valence-electron chi connectivity index (χ3n) is 8.08. The number of hydrogen-bond acceptors (Lipinski definition) is 3. The molecule has 3 aromatic rings. The highest BCUT2D eigenvalue weighted by Crippen LogP contribution is 2.40. The van der Waals surface area contributed by atoms with Crippen molar-refractivity contribution in [3.63, 3.8) is 0 Å². The zero-order chi connectivity index (χ0) is 27.4. The lowest BCUT2D eigenvalue weighted by molar-refractivity contribution is -0.138. The van der Waals surface area contributed by atoms with Crippen molar-refractivity contribution in [2.45, 2.75) is 64.1 Å². The average Bonchev–Trinajstić information content (AvgIpc) is 3.51. The van der Waals surface area contributed by atoms with Gasteiger partial charge in [0.05, 0.1) is 6.04 Å². The molecule has 0 aromatic heterocycles. The van der Waals surface area contributed by atoms with E-state index in [0.717, 1.165) is 54.4 Å². The molecule has 0 unspecified atom stereocenters. The van der Waals surface area contributed by atoms with Gasteiger partial charge < -0.3 is 14.5 Å². The number of rotatable bonds is 8. The van der Waals surface area contributed by atoms with E-state index in [1.807, 2.05) is 60.4 Å². The summed E-state index contributed by atoms with van der Waals surface area (Å²) < 4.78 is 20.1. The summed E-state index contributed by atoms with van der Waals surface area (Å²) in [4.78, 5) is 30.6. The summed E-state index contributed by atoms with van der Waals surface area (Å²) in [5.74, 6) is 0.458. The number of carbonyl (C=O) groups excluding carboxylic acids is 2. The topological polar surface area (TPSA) is 49.9 Å². The van der Waals surface area contributed by atoms with Crippen LogP contribution in [0.5, 0.6) is 5.75 Å². The van der Waals surface area contributed by atoms with E-state index in [0.29, 0.717) is 25.3 Å². The number of ether oxygens (including phenoxy) is 1. The Labute approximate surface area is 230 Å².